The van der Waals surface area contributed by atoms with Crippen LogP contribution in [0.5, 0.6) is 0 Å². The van der Waals surface area contributed by atoms with Gasteiger partial charge in [0.25, 0.3) is 0 Å². The van der Waals surface area contributed by atoms with E-state index in [0.717, 1.165) is 5.92 Å². The molecule has 11 heavy (non-hydrogen) atoms. The predicted octanol–water partition coefficient (Wildman–Crippen LogP) is 2.23. The van der Waals surface area contributed by atoms with Crippen LogP contribution in [-0.2, 0) is 7.05 Å². The molecule has 0 N–H and O–H groups in total. The van der Waals surface area contributed by atoms with Gasteiger partial charge in [0.2, 0.25) is 5.51 Å². The van der Waals surface area contributed by atoms with E-state index < -0.39 is 0 Å². The molecule has 1 aliphatic rings. The topological polar surface area (TPSA) is 3.88 Å². The maximum atomic E-state index is 2.28. The van der Waals surface area contributed by atoms with Gasteiger partial charge < -0.3 is 0 Å². The molecule has 2 rings (SSSR count). The summed E-state index contributed by atoms with van der Waals surface area (Å²) in [6.07, 6.45) is 7.99. The highest BCUT2D eigenvalue weighted by Gasteiger charge is 2.20. The van der Waals surface area contributed by atoms with Crippen LogP contribution in [0.4, 0.5) is 0 Å². The summed E-state index contributed by atoms with van der Waals surface area (Å²) in [4.78, 5) is 1.59. The lowest BCUT2D eigenvalue weighted by Crippen LogP contribution is -2.22. The average Bonchev–Trinajstić information content (AvgIpc) is 2.55. The first-order valence-corrected chi connectivity index (χ1v) is 5.18. The van der Waals surface area contributed by atoms with Gasteiger partial charge in [-0.15, -0.1) is 0 Å². The Morgan fingerprint density at radius 2 is 2.18 bits per heavy atom. The van der Waals surface area contributed by atoms with Gasteiger partial charge in [0.15, 0.2) is 6.20 Å². The zero-order chi connectivity index (χ0) is 7.68. The lowest BCUT2D eigenvalue weighted by Gasteiger charge is -2.00. The highest BCUT2D eigenvalue weighted by molar-refractivity contribution is 7.09. The van der Waals surface area contributed by atoms with Gasteiger partial charge in [0.05, 0.1) is 4.88 Å². The molecule has 1 aliphatic carbocycles. The van der Waals surface area contributed by atoms with E-state index in [4.69, 9.17) is 0 Å². The average molecular weight is 168 g/mol. The number of thiazole rings is 1. The molecule has 0 bridgehead atoms. The number of hydrogen-bond acceptors (Lipinski definition) is 1. The SMILES string of the molecule is C[n+]1csc(C2CCCC2)c1. The lowest BCUT2D eigenvalue weighted by atomic mass is 10.1. The highest BCUT2D eigenvalue weighted by Crippen LogP contribution is 2.35. The van der Waals surface area contributed by atoms with Crippen LogP contribution in [-0.4, -0.2) is 0 Å². The molecule has 0 saturated heterocycles. The minimum Gasteiger partial charge on any atom is -0.198 e. The van der Waals surface area contributed by atoms with Crippen LogP contribution in [0.25, 0.3) is 0 Å². The first kappa shape index (κ1) is 7.29. The Morgan fingerprint density at radius 3 is 2.73 bits per heavy atom. The van der Waals surface area contributed by atoms with Crippen LogP contribution in [0.1, 0.15) is 36.5 Å². The Labute approximate surface area is 71.7 Å². The smallest absolute Gasteiger partial charge is 0.198 e. The number of nitrogens with zero attached hydrogens (tertiary/aromatic N) is 1. The molecule has 1 nitrogen and oxygen atoms in total. The summed E-state index contributed by atoms with van der Waals surface area (Å²) in [5, 5.41) is 0. The fourth-order valence-electron chi connectivity index (χ4n) is 1.82. The summed E-state index contributed by atoms with van der Waals surface area (Å²) < 4.78 is 2.16. The molecule has 0 spiro atoms. The number of rotatable bonds is 1. The molecule has 0 aromatic carbocycles. The van der Waals surface area contributed by atoms with Crippen molar-refractivity contribution in [3.63, 3.8) is 0 Å². The van der Waals surface area contributed by atoms with Crippen molar-refractivity contribution in [3.05, 3.63) is 16.6 Å². The first-order valence-electron chi connectivity index (χ1n) is 4.30. The Kier molecular flexibility index (Phi) is 1.95. The fourth-order valence-corrected chi connectivity index (χ4v) is 2.82. The number of hydrogen-bond donors (Lipinski definition) is 0. The maximum absolute atomic E-state index is 2.28. The second-order valence-corrected chi connectivity index (χ2v) is 4.32. The van der Waals surface area contributed by atoms with Crippen molar-refractivity contribution in [3.8, 4) is 0 Å². The van der Waals surface area contributed by atoms with Crippen LogP contribution >= 0.6 is 11.3 Å². The Balaban J connectivity index is 2.15. The van der Waals surface area contributed by atoms with E-state index in [9.17, 15) is 0 Å². The molecule has 1 heterocycles. The maximum Gasteiger partial charge on any atom is 0.224 e. The van der Waals surface area contributed by atoms with E-state index in [-0.39, 0.29) is 0 Å². The van der Waals surface area contributed by atoms with Crippen molar-refractivity contribution in [2.45, 2.75) is 31.6 Å². The molecule has 60 valence electrons. The van der Waals surface area contributed by atoms with Gasteiger partial charge in [-0.25, -0.2) is 0 Å². The minimum absolute atomic E-state index is 0.890. The van der Waals surface area contributed by atoms with Gasteiger partial charge >= 0.3 is 0 Å². The summed E-state index contributed by atoms with van der Waals surface area (Å²) in [5.74, 6) is 0.890. The Hall–Kier alpha value is -0.370. The molecule has 1 fully saturated rings. The van der Waals surface area contributed by atoms with Gasteiger partial charge in [-0.2, -0.15) is 4.57 Å². The van der Waals surface area contributed by atoms with Gasteiger partial charge in [-0.1, -0.05) is 24.2 Å². The largest absolute Gasteiger partial charge is 0.224 e. The molecule has 1 aromatic heterocycles. The zero-order valence-corrected chi connectivity index (χ0v) is 7.73. The van der Waals surface area contributed by atoms with Gasteiger partial charge in [-0.3, -0.25) is 0 Å². The molecule has 0 atom stereocenters. The third-order valence-electron chi connectivity index (χ3n) is 2.44. The van der Waals surface area contributed by atoms with E-state index >= 15 is 0 Å². The number of aryl methyl sites for hydroxylation is 1. The van der Waals surface area contributed by atoms with Gasteiger partial charge in [0.1, 0.15) is 7.05 Å². The van der Waals surface area contributed by atoms with Crippen LogP contribution in [0, 0.1) is 0 Å². The highest BCUT2D eigenvalue weighted by atomic mass is 32.1. The summed E-state index contributed by atoms with van der Waals surface area (Å²) in [6, 6.07) is 0. The molecular weight excluding hydrogens is 154 g/mol. The van der Waals surface area contributed by atoms with Crippen LogP contribution in [0.3, 0.4) is 0 Å². The van der Waals surface area contributed by atoms with E-state index in [1.807, 2.05) is 11.3 Å². The summed E-state index contributed by atoms with van der Waals surface area (Å²) in [6.45, 7) is 0. The monoisotopic (exact) mass is 168 g/mol. The lowest BCUT2D eigenvalue weighted by molar-refractivity contribution is -0.666. The number of aromatic nitrogens is 1. The van der Waals surface area contributed by atoms with Crippen LogP contribution < -0.4 is 4.57 Å². The van der Waals surface area contributed by atoms with E-state index in [2.05, 4.69) is 23.3 Å². The minimum atomic E-state index is 0.890. The normalized spacial score (nSPS) is 19.4. The third kappa shape index (κ3) is 1.45. The summed E-state index contributed by atoms with van der Waals surface area (Å²) in [7, 11) is 2.11. The van der Waals surface area contributed by atoms with Gasteiger partial charge in [0, 0.05) is 0 Å². The molecule has 0 radical (unpaired) electrons. The molecule has 1 aromatic rings. The third-order valence-corrected chi connectivity index (χ3v) is 3.59. The van der Waals surface area contributed by atoms with Crippen molar-refractivity contribution in [1.29, 1.82) is 0 Å². The molecular formula is C9H14NS+. The Morgan fingerprint density at radius 1 is 1.45 bits per heavy atom. The predicted molar refractivity (Wildman–Crippen MR) is 46.7 cm³/mol. The Bertz CT molecular complexity index is 235. The quantitative estimate of drug-likeness (QED) is 0.566. The molecule has 0 unspecified atom stereocenters. The van der Waals surface area contributed by atoms with Crippen molar-refractivity contribution < 1.29 is 4.57 Å². The van der Waals surface area contributed by atoms with E-state index in [0.29, 0.717) is 0 Å². The van der Waals surface area contributed by atoms with E-state index in [1.54, 1.807) is 4.88 Å². The second kappa shape index (κ2) is 2.94. The molecule has 1 saturated carbocycles. The second-order valence-electron chi connectivity index (χ2n) is 3.40. The fraction of sp³-hybridized carbons (Fsp3) is 0.667. The summed E-state index contributed by atoms with van der Waals surface area (Å²) >= 11 is 1.91. The first-order chi connectivity index (χ1) is 5.36. The standard InChI is InChI=1S/C9H14NS/c1-10-6-9(11-7-10)8-4-2-3-5-8/h6-8H,2-5H2,1H3/q+1. The van der Waals surface area contributed by atoms with Crippen LogP contribution in [0.2, 0.25) is 0 Å². The van der Waals surface area contributed by atoms with Crippen molar-refractivity contribution in [2.75, 3.05) is 0 Å². The molecule has 0 aliphatic heterocycles. The van der Waals surface area contributed by atoms with Crippen molar-refractivity contribution in [2.24, 2.45) is 7.05 Å². The van der Waals surface area contributed by atoms with E-state index in [1.165, 1.54) is 25.7 Å². The molecule has 2 heteroatoms. The summed E-state index contributed by atoms with van der Waals surface area (Å²) in [5.41, 5.74) is 2.19. The van der Waals surface area contributed by atoms with Crippen LogP contribution in [0.15, 0.2) is 11.7 Å². The van der Waals surface area contributed by atoms with Crippen molar-refractivity contribution >= 4 is 11.3 Å². The zero-order valence-electron chi connectivity index (χ0n) is 6.92. The van der Waals surface area contributed by atoms with Crippen molar-refractivity contribution in [1.82, 2.24) is 0 Å². The molecule has 0 amide bonds. The van der Waals surface area contributed by atoms with Gasteiger partial charge in [-0.05, 0) is 18.8 Å².